The molecule has 0 aliphatic carbocycles. The van der Waals surface area contributed by atoms with Gasteiger partial charge in [-0.15, -0.1) is 0 Å². The average molecular weight is 258 g/mol. The van der Waals surface area contributed by atoms with Gasteiger partial charge in [-0.05, 0) is 63.0 Å². The summed E-state index contributed by atoms with van der Waals surface area (Å²) in [6.45, 7) is 4.26. The second-order valence-electron chi connectivity index (χ2n) is 5.63. The molecule has 2 fully saturated rings. The monoisotopic (exact) mass is 258 g/mol. The van der Waals surface area contributed by atoms with Crippen LogP contribution in [0.4, 0.5) is 5.69 Å². The van der Waals surface area contributed by atoms with Gasteiger partial charge in [0, 0.05) is 30.3 Å². The molecule has 1 aromatic carbocycles. The summed E-state index contributed by atoms with van der Waals surface area (Å²) in [4.78, 5) is 14.8. The highest BCUT2D eigenvalue weighted by atomic mass is 16.1. The molecule has 3 rings (SSSR count). The molecule has 3 heteroatoms. The molecule has 19 heavy (non-hydrogen) atoms. The van der Waals surface area contributed by atoms with Gasteiger partial charge in [-0.25, -0.2) is 0 Å². The second-order valence-corrected chi connectivity index (χ2v) is 5.63. The van der Waals surface area contributed by atoms with E-state index >= 15 is 0 Å². The fourth-order valence-electron chi connectivity index (χ4n) is 3.13. The van der Waals surface area contributed by atoms with Gasteiger partial charge in [-0.1, -0.05) is 0 Å². The molecule has 0 aromatic heterocycles. The van der Waals surface area contributed by atoms with Crippen molar-refractivity contribution < 1.29 is 4.79 Å². The molecule has 0 saturated carbocycles. The minimum absolute atomic E-state index is 0.221. The zero-order chi connectivity index (χ0) is 13.1. The van der Waals surface area contributed by atoms with E-state index in [4.69, 9.17) is 0 Å². The number of nitrogens with zero attached hydrogens (tertiary/aromatic N) is 1. The van der Waals surface area contributed by atoms with E-state index in [1.165, 1.54) is 18.5 Å². The molecule has 0 amide bonds. The predicted molar refractivity (Wildman–Crippen MR) is 77.8 cm³/mol. The van der Waals surface area contributed by atoms with Gasteiger partial charge >= 0.3 is 0 Å². The smallest absolute Gasteiger partial charge is 0.166 e. The number of carbonyl (C=O) groups is 1. The topological polar surface area (TPSA) is 32.3 Å². The number of rotatable bonds is 3. The van der Waals surface area contributed by atoms with Crippen LogP contribution in [0.5, 0.6) is 0 Å². The van der Waals surface area contributed by atoms with Crippen LogP contribution in [0.1, 0.15) is 36.0 Å². The molecular formula is C16H22N2O. The number of Topliss-reactive ketones (excluding diaryl/α,β-unsaturated/α-hetero) is 1. The molecule has 1 aromatic rings. The highest BCUT2D eigenvalue weighted by Gasteiger charge is 2.22. The Labute approximate surface area is 115 Å². The van der Waals surface area contributed by atoms with Crippen LogP contribution in [0.2, 0.25) is 0 Å². The van der Waals surface area contributed by atoms with Crippen LogP contribution in [0.15, 0.2) is 24.3 Å². The molecule has 2 aliphatic heterocycles. The van der Waals surface area contributed by atoms with E-state index in [0.29, 0.717) is 5.78 Å². The summed E-state index contributed by atoms with van der Waals surface area (Å²) in [7, 11) is 0. The first-order valence-electron chi connectivity index (χ1n) is 7.44. The molecular weight excluding hydrogens is 236 g/mol. The zero-order valence-corrected chi connectivity index (χ0v) is 11.4. The van der Waals surface area contributed by atoms with Crippen LogP contribution in [-0.4, -0.2) is 32.0 Å². The Morgan fingerprint density at radius 3 is 2.32 bits per heavy atom. The number of piperidine rings is 1. The standard InChI is InChI=1S/C16H22N2O/c19-16(14-7-9-17-10-8-14)13-3-5-15(6-4-13)18-11-1-2-12-18/h3-6,14,17H,1-2,7-12H2. The maximum atomic E-state index is 12.4. The lowest BCUT2D eigenvalue weighted by Crippen LogP contribution is -2.31. The maximum Gasteiger partial charge on any atom is 0.166 e. The van der Waals surface area contributed by atoms with Gasteiger partial charge in [0.2, 0.25) is 0 Å². The quantitative estimate of drug-likeness (QED) is 0.845. The number of hydrogen-bond acceptors (Lipinski definition) is 3. The van der Waals surface area contributed by atoms with Crippen molar-refractivity contribution in [3.8, 4) is 0 Å². The molecule has 2 saturated heterocycles. The summed E-state index contributed by atoms with van der Waals surface area (Å²) in [6, 6.07) is 8.25. The molecule has 1 N–H and O–H groups in total. The number of benzene rings is 1. The van der Waals surface area contributed by atoms with Crippen LogP contribution >= 0.6 is 0 Å². The average Bonchev–Trinajstić information content (AvgIpc) is 3.02. The van der Waals surface area contributed by atoms with Crippen molar-refractivity contribution in [1.82, 2.24) is 5.32 Å². The number of nitrogens with one attached hydrogen (secondary N) is 1. The Morgan fingerprint density at radius 1 is 1.05 bits per heavy atom. The second kappa shape index (κ2) is 5.74. The molecule has 2 aliphatic rings. The van der Waals surface area contributed by atoms with Crippen molar-refractivity contribution in [3.63, 3.8) is 0 Å². The molecule has 0 bridgehead atoms. The lowest BCUT2D eigenvalue weighted by Gasteiger charge is -2.22. The van der Waals surface area contributed by atoms with Crippen molar-refractivity contribution >= 4 is 11.5 Å². The normalized spacial score (nSPS) is 20.7. The zero-order valence-electron chi connectivity index (χ0n) is 11.4. The van der Waals surface area contributed by atoms with Crippen molar-refractivity contribution in [2.45, 2.75) is 25.7 Å². The summed E-state index contributed by atoms with van der Waals surface area (Å²) in [5.41, 5.74) is 2.15. The van der Waals surface area contributed by atoms with E-state index < -0.39 is 0 Å². The Balaban J connectivity index is 1.69. The Kier molecular flexibility index (Phi) is 3.83. The summed E-state index contributed by atoms with van der Waals surface area (Å²) in [5.74, 6) is 0.549. The third kappa shape index (κ3) is 2.81. The minimum atomic E-state index is 0.221. The van der Waals surface area contributed by atoms with E-state index in [1.54, 1.807) is 0 Å². The number of anilines is 1. The van der Waals surface area contributed by atoms with Gasteiger partial charge in [-0.2, -0.15) is 0 Å². The lowest BCUT2D eigenvalue weighted by atomic mass is 9.89. The number of hydrogen-bond donors (Lipinski definition) is 1. The molecule has 3 nitrogen and oxygen atoms in total. The van der Waals surface area contributed by atoms with Gasteiger partial charge in [0.25, 0.3) is 0 Å². The van der Waals surface area contributed by atoms with E-state index in [-0.39, 0.29) is 5.92 Å². The SMILES string of the molecule is O=C(c1ccc(N2CCCC2)cc1)C1CCNCC1. The van der Waals surface area contributed by atoms with Crippen LogP contribution in [0.25, 0.3) is 0 Å². The number of ketones is 1. The predicted octanol–water partition coefficient (Wildman–Crippen LogP) is 2.47. The van der Waals surface area contributed by atoms with Gasteiger partial charge in [0.05, 0.1) is 0 Å². The Bertz CT molecular complexity index is 429. The Morgan fingerprint density at radius 2 is 1.68 bits per heavy atom. The molecule has 0 spiro atoms. The number of carbonyl (C=O) groups excluding carboxylic acids is 1. The van der Waals surface area contributed by atoms with E-state index in [9.17, 15) is 4.79 Å². The first-order valence-corrected chi connectivity index (χ1v) is 7.44. The molecule has 0 atom stereocenters. The van der Waals surface area contributed by atoms with Crippen molar-refractivity contribution in [2.24, 2.45) is 5.92 Å². The van der Waals surface area contributed by atoms with E-state index in [2.05, 4.69) is 22.3 Å². The fourth-order valence-corrected chi connectivity index (χ4v) is 3.13. The molecule has 0 radical (unpaired) electrons. The first-order chi connectivity index (χ1) is 9.34. The van der Waals surface area contributed by atoms with Gasteiger partial charge < -0.3 is 10.2 Å². The summed E-state index contributed by atoms with van der Waals surface area (Å²) in [5, 5.41) is 3.31. The van der Waals surface area contributed by atoms with Crippen LogP contribution in [0.3, 0.4) is 0 Å². The van der Waals surface area contributed by atoms with Crippen molar-refractivity contribution in [1.29, 1.82) is 0 Å². The fraction of sp³-hybridized carbons (Fsp3) is 0.562. The molecule has 2 heterocycles. The van der Waals surface area contributed by atoms with Crippen LogP contribution < -0.4 is 10.2 Å². The highest BCUT2D eigenvalue weighted by Crippen LogP contribution is 2.23. The third-order valence-corrected chi connectivity index (χ3v) is 4.33. The summed E-state index contributed by atoms with van der Waals surface area (Å²) < 4.78 is 0. The third-order valence-electron chi connectivity index (χ3n) is 4.33. The van der Waals surface area contributed by atoms with E-state index in [1.807, 2.05) is 12.1 Å². The van der Waals surface area contributed by atoms with Gasteiger partial charge in [0.15, 0.2) is 5.78 Å². The van der Waals surface area contributed by atoms with E-state index in [0.717, 1.165) is 44.6 Å². The maximum absolute atomic E-state index is 12.4. The van der Waals surface area contributed by atoms with Gasteiger partial charge in [-0.3, -0.25) is 4.79 Å². The van der Waals surface area contributed by atoms with Crippen molar-refractivity contribution in [2.75, 3.05) is 31.1 Å². The van der Waals surface area contributed by atoms with Crippen molar-refractivity contribution in [3.05, 3.63) is 29.8 Å². The lowest BCUT2D eigenvalue weighted by molar-refractivity contribution is 0.0895. The summed E-state index contributed by atoms with van der Waals surface area (Å²) >= 11 is 0. The van der Waals surface area contributed by atoms with Gasteiger partial charge in [0.1, 0.15) is 0 Å². The molecule has 0 unspecified atom stereocenters. The van der Waals surface area contributed by atoms with Crippen LogP contribution in [-0.2, 0) is 0 Å². The first kappa shape index (κ1) is 12.7. The highest BCUT2D eigenvalue weighted by molar-refractivity contribution is 5.98. The Hall–Kier alpha value is -1.35. The largest absolute Gasteiger partial charge is 0.372 e. The minimum Gasteiger partial charge on any atom is -0.372 e. The summed E-state index contributed by atoms with van der Waals surface area (Å²) in [6.07, 6.45) is 4.53. The molecule has 102 valence electrons. The van der Waals surface area contributed by atoms with Crippen LogP contribution in [0, 0.1) is 5.92 Å².